The number of hydrogen-bond acceptors (Lipinski definition) is 0. The van der Waals surface area contributed by atoms with Gasteiger partial charge in [-0.15, -0.1) is 0 Å². The Morgan fingerprint density at radius 1 is 0.253 bits per heavy atom. The van der Waals surface area contributed by atoms with Crippen molar-refractivity contribution in [2.75, 3.05) is 0 Å². The first kappa shape index (κ1) is 50.0. The van der Waals surface area contributed by atoms with Crippen molar-refractivity contribution in [3.8, 4) is 33.4 Å². The summed E-state index contributed by atoms with van der Waals surface area (Å²) in [6.45, 7) is 40.7. The molecule has 13 aromatic carbocycles. The van der Waals surface area contributed by atoms with Gasteiger partial charge in [0.25, 0.3) is 0 Å². The van der Waals surface area contributed by atoms with Crippen LogP contribution < -0.4 is 0 Å². The fourth-order valence-corrected chi connectivity index (χ4v) is 14.1. The summed E-state index contributed by atoms with van der Waals surface area (Å²) in [6, 6.07) is 61.8. The van der Waals surface area contributed by atoms with Gasteiger partial charge >= 0.3 is 0 Å². The van der Waals surface area contributed by atoms with Gasteiger partial charge in [-0.2, -0.15) is 0 Å². The predicted octanol–water partition coefficient (Wildman–Crippen LogP) is 23.1. The average molecular weight is 1030 g/mol. The molecule has 0 saturated carbocycles. The zero-order valence-corrected chi connectivity index (χ0v) is 49.9. The average Bonchev–Trinajstić information content (AvgIpc) is 2.41. The molecular formula is C79H76. The summed E-state index contributed by atoms with van der Waals surface area (Å²) in [5.74, 6) is 0. The van der Waals surface area contributed by atoms with Crippen molar-refractivity contribution in [2.24, 2.45) is 0 Å². The molecule has 0 saturated heterocycles. The normalized spacial score (nSPS) is 14.5. The monoisotopic (exact) mass is 1020 g/mol. The minimum atomic E-state index is -0.246. The van der Waals surface area contributed by atoms with E-state index in [2.05, 4.69) is 269 Å². The van der Waals surface area contributed by atoms with Crippen molar-refractivity contribution < 1.29 is 0 Å². The van der Waals surface area contributed by atoms with Crippen molar-refractivity contribution in [1.29, 1.82) is 0 Å². The van der Waals surface area contributed by atoms with E-state index in [-0.39, 0.29) is 32.5 Å². The minimum Gasteiger partial charge on any atom is -0.0616 e. The van der Waals surface area contributed by atoms with Crippen LogP contribution in [0.25, 0.3) is 130 Å². The van der Waals surface area contributed by atoms with Crippen LogP contribution in [0.15, 0.2) is 152 Å². The summed E-state index contributed by atoms with van der Waals surface area (Å²) in [6.07, 6.45) is 0. The van der Waals surface area contributed by atoms with Crippen LogP contribution >= 0.6 is 0 Å². The van der Waals surface area contributed by atoms with Gasteiger partial charge in [0, 0.05) is 5.41 Å². The van der Waals surface area contributed by atoms with Gasteiger partial charge in [0.05, 0.1) is 0 Å². The molecular weight excluding hydrogens is 949 g/mol. The van der Waals surface area contributed by atoms with Crippen LogP contribution in [-0.2, 0) is 32.5 Å². The van der Waals surface area contributed by atoms with Crippen molar-refractivity contribution in [3.63, 3.8) is 0 Å². The van der Waals surface area contributed by atoms with E-state index in [0.29, 0.717) is 0 Å². The third-order valence-corrected chi connectivity index (χ3v) is 19.0. The largest absolute Gasteiger partial charge is 0.0616 e. The maximum atomic E-state index is 2.64. The Morgan fingerprint density at radius 3 is 1.35 bits per heavy atom. The van der Waals surface area contributed by atoms with E-state index >= 15 is 0 Å². The SMILES string of the molecule is CC(C)(C)c1cc(-c2c3cc4c5ccccc5c5cccc(c3c(-c3cc(C(C)(C)C)cc(C(C)(C)C)c3)c3c6cc7cc8ccc7c7c(ccc(c23)c67)-c2cc(C(C)(C)C)cc3ccc(cc23)C8(C)C)c54)cc(C(C)(C)C)c1. The lowest BCUT2D eigenvalue weighted by atomic mass is 9.76. The fourth-order valence-electron chi connectivity index (χ4n) is 14.1. The Kier molecular flexibility index (Phi) is 10.1. The first-order chi connectivity index (χ1) is 37.1. The lowest BCUT2D eigenvalue weighted by Gasteiger charge is -2.28. The molecule has 79 heavy (non-hydrogen) atoms. The van der Waals surface area contributed by atoms with Gasteiger partial charge in [0.1, 0.15) is 0 Å². The lowest BCUT2D eigenvalue weighted by Crippen LogP contribution is -2.18. The molecule has 0 heteroatoms. The van der Waals surface area contributed by atoms with E-state index in [0.717, 1.165) is 0 Å². The minimum absolute atomic E-state index is 0.0496. The molecule has 0 heterocycles. The molecule has 15 rings (SSSR count). The van der Waals surface area contributed by atoms with Gasteiger partial charge in [-0.3, -0.25) is 0 Å². The maximum absolute atomic E-state index is 2.64. The van der Waals surface area contributed by atoms with Crippen LogP contribution in [0, 0.1) is 0 Å². The second-order valence-corrected chi connectivity index (χ2v) is 29.8. The van der Waals surface area contributed by atoms with Crippen LogP contribution in [0.4, 0.5) is 0 Å². The summed E-state index contributed by atoms with van der Waals surface area (Å²) in [4.78, 5) is 0. The van der Waals surface area contributed by atoms with Gasteiger partial charge < -0.3 is 0 Å². The van der Waals surface area contributed by atoms with Crippen LogP contribution in [0.1, 0.15) is 157 Å². The third-order valence-electron chi connectivity index (χ3n) is 19.0. The van der Waals surface area contributed by atoms with Gasteiger partial charge in [0.2, 0.25) is 0 Å². The Hall–Kier alpha value is -7.28. The summed E-state index contributed by atoms with van der Waals surface area (Å²) in [5.41, 5.74) is 16.7. The molecule has 0 spiro atoms. The Bertz CT molecular complexity index is 4710. The molecule has 0 N–H and O–H groups in total. The molecule has 2 aliphatic carbocycles. The summed E-state index contributed by atoms with van der Waals surface area (Å²) in [5, 5.41) is 24.0. The Morgan fingerprint density at radius 2 is 0.747 bits per heavy atom. The third kappa shape index (κ3) is 7.24. The fraction of sp³-hybridized carbons (Fsp3) is 0.291. The van der Waals surface area contributed by atoms with Crippen LogP contribution in [-0.4, -0.2) is 0 Å². The molecule has 0 fully saturated rings. The molecule has 0 nitrogen and oxygen atoms in total. The zero-order chi connectivity index (χ0) is 55.6. The molecule has 392 valence electrons. The predicted molar refractivity (Wildman–Crippen MR) is 348 cm³/mol. The highest BCUT2D eigenvalue weighted by Gasteiger charge is 2.33. The highest BCUT2D eigenvalue weighted by atomic mass is 14.4. The molecule has 6 bridgehead atoms. The maximum Gasteiger partial charge on any atom is 0.0147 e. The van der Waals surface area contributed by atoms with Crippen molar-refractivity contribution >= 4 is 97.0 Å². The first-order valence-corrected chi connectivity index (χ1v) is 29.2. The molecule has 0 amide bonds. The van der Waals surface area contributed by atoms with Gasteiger partial charge in [-0.05, 0) is 221 Å². The molecule has 0 radical (unpaired) electrons. The topological polar surface area (TPSA) is 0 Å². The smallest absolute Gasteiger partial charge is 0.0147 e. The van der Waals surface area contributed by atoms with Gasteiger partial charge in [0.15, 0.2) is 0 Å². The van der Waals surface area contributed by atoms with E-state index in [1.54, 1.807) is 0 Å². The molecule has 0 unspecified atom stereocenters. The van der Waals surface area contributed by atoms with Crippen LogP contribution in [0.3, 0.4) is 0 Å². The second kappa shape index (κ2) is 16.0. The Balaban J connectivity index is 1.32. The number of fused-ring (bicyclic) bond motifs is 9. The Labute approximate surface area is 468 Å². The standard InChI is InChI=1S/C79H76/c1-74(2,3)49-33-45(34-50(38-49)75(4,5)6)66-65-42-63-56-22-19-18-21-55(56)57-23-20-24-59(68(57)63)70(65)67(46-35-51(76(7,8)9)39-52(36-46)77(10,11)12)73-64-37-44-32-47-27-28-54(44)69-58(29-30-60(71(64)69)72(66)73)62-41-53(78(13,14)15)31-43-25-26-48(40-61(43)62)79(47,16)17/h18-42H,1-17H3. The molecule has 0 aliphatic heterocycles. The van der Waals surface area contributed by atoms with E-state index in [1.165, 1.54) is 169 Å². The highest BCUT2D eigenvalue weighted by Crippen LogP contribution is 2.58. The van der Waals surface area contributed by atoms with E-state index in [9.17, 15) is 0 Å². The van der Waals surface area contributed by atoms with Crippen LogP contribution in [0.2, 0.25) is 0 Å². The second-order valence-electron chi connectivity index (χ2n) is 29.8. The summed E-state index contributed by atoms with van der Waals surface area (Å²) < 4.78 is 0. The van der Waals surface area contributed by atoms with Gasteiger partial charge in [-0.25, -0.2) is 0 Å². The molecule has 13 aromatic rings. The first-order valence-electron chi connectivity index (χ1n) is 29.2. The van der Waals surface area contributed by atoms with E-state index < -0.39 is 0 Å². The molecule has 2 aliphatic rings. The number of rotatable bonds is 2. The number of hydrogen-bond donors (Lipinski definition) is 0. The van der Waals surface area contributed by atoms with Crippen LogP contribution in [0.5, 0.6) is 0 Å². The lowest BCUT2D eigenvalue weighted by molar-refractivity contribution is 0.568. The zero-order valence-electron chi connectivity index (χ0n) is 49.9. The van der Waals surface area contributed by atoms with Crippen molar-refractivity contribution in [2.45, 2.75) is 150 Å². The summed E-state index contributed by atoms with van der Waals surface area (Å²) >= 11 is 0. The van der Waals surface area contributed by atoms with E-state index in [4.69, 9.17) is 0 Å². The summed E-state index contributed by atoms with van der Waals surface area (Å²) in [7, 11) is 0. The van der Waals surface area contributed by atoms with Crippen molar-refractivity contribution in [1.82, 2.24) is 0 Å². The quantitative estimate of drug-likeness (QED) is 0.151. The number of benzene rings is 11. The van der Waals surface area contributed by atoms with E-state index in [1.807, 2.05) is 0 Å². The molecule has 0 atom stereocenters. The van der Waals surface area contributed by atoms with Gasteiger partial charge in [-0.1, -0.05) is 245 Å². The highest BCUT2D eigenvalue weighted by molar-refractivity contribution is 6.47. The molecule has 0 aromatic heterocycles. The van der Waals surface area contributed by atoms with Crippen molar-refractivity contribution in [3.05, 3.63) is 191 Å².